The largest absolute Gasteiger partial charge is 0.358 e. The van der Waals surface area contributed by atoms with E-state index in [-0.39, 0.29) is 6.03 Å². The van der Waals surface area contributed by atoms with E-state index >= 15 is 0 Å². The SMILES string of the molecule is NC(=O)N1CCC(CNC=O)CC1. The normalized spacial score (nSPS) is 18.3. The molecule has 0 unspecified atom stereocenters. The molecule has 1 aliphatic heterocycles. The highest BCUT2D eigenvalue weighted by Gasteiger charge is 2.20. The van der Waals surface area contributed by atoms with E-state index in [0.717, 1.165) is 12.8 Å². The third-order valence-electron chi connectivity index (χ3n) is 2.42. The number of amides is 3. The second-order valence-electron chi connectivity index (χ2n) is 3.29. The highest BCUT2D eigenvalue weighted by molar-refractivity contribution is 5.72. The lowest BCUT2D eigenvalue weighted by molar-refractivity contribution is -0.109. The van der Waals surface area contributed by atoms with Gasteiger partial charge < -0.3 is 16.0 Å². The Balaban J connectivity index is 2.22. The molecule has 3 N–H and O–H groups in total. The van der Waals surface area contributed by atoms with Crippen molar-refractivity contribution in [1.29, 1.82) is 0 Å². The van der Waals surface area contributed by atoms with E-state index < -0.39 is 0 Å². The molecule has 0 saturated carbocycles. The first kappa shape index (κ1) is 9.83. The molecule has 5 heteroatoms. The Kier molecular flexibility index (Phi) is 3.54. The van der Waals surface area contributed by atoms with E-state index in [2.05, 4.69) is 5.32 Å². The molecule has 1 saturated heterocycles. The Hall–Kier alpha value is -1.26. The smallest absolute Gasteiger partial charge is 0.314 e. The van der Waals surface area contributed by atoms with Crippen molar-refractivity contribution in [1.82, 2.24) is 10.2 Å². The van der Waals surface area contributed by atoms with Crippen LogP contribution in [0.25, 0.3) is 0 Å². The summed E-state index contributed by atoms with van der Waals surface area (Å²) in [6.07, 6.45) is 2.55. The van der Waals surface area contributed by atoms with Crippen LogP contribution in [-0.2, 0) is 4.79 Å². The lowest BCUT2D eigenvalue weighted by Gasteiger charge is -2.30. The zero-order chi connectivity index (χ0) is 9.68. The molecule has 74 valence electrons. The molecule has 0 atom stereocenters. The van der Waals surface area contributed by atoms with Gasteiger partial charge in [0.25, 0.3) is 0 Å². The molecule has 0 aromatic heterocycles. The number of carbonyl (C=O) groups excluding carboxylic acids is 2. The van der Waals surface area contributed by atoms with Crippen LogP contribution in [0.2, 0.25) is 0 Å². The van der Waals surface area contributed by atoms with Crippen molar-refractivity contribution in [3.63, 3.8) is 0 Å². The monoisotopic (exact) mass is 185 g/mol. The van der Waals surface area contributed by atoms with Crippen LogP contribution < -0.4 is 11.1 Å². The van der Waals surface area contributed by atoms with Crippen molar-refractivity contribution in [2.45, 2.75) is 12.8 Å². The van der Waals surface area contributed by atoms with Gasteiger partial charge in [-0.1, -0.05) is 0 Å². The molecule has 0 bridgehead atoms. The summed E-state index contributed by atoms with van der Waals surface area (Å²) < 4.78 is 0. The number of piperidine rings is 1. The van der Waals surface area contributed by atoms with Crippen LogP contribution in [0.5, 0.6) is 0 Å². The maximum absolute atomic E-state index is 10.8. The first-order valence-electron chi connectivity index (χ1n) is 4.45. The van der Waals surface area contributed by atoms with Gasteiger partial charge in [0.15, 0.2) is 0 Å². The zero-order valence-corrected chi connectivity index (χ0v) is 7.53. The number of carbonyl (C=O) groups is 2. The molecule has 1 aliphatic rings. The fraction of sp³-hybridized carbons (Fsp3) is 0.750. The van der Waals surface area contributed by atoms with Crippen LogP contribution in [0.4, 0.5) is 4.79 Å². The van der Waals surface area contributed by atoms with Crippen molar-refractivity contribution in [3.05, 3.63) is 0 Å². The second-order valence-corrected chi connectivity index (χ2v) is 3.29. The van der Waals surface area contributed by atoms with Gasteiger partial charge in [-0.2, -0.15) is 0 Å². The Morgan fingerprint density at radius 2 is 2.15 bits per heavy atom. The number of nitrogens with one attached hydrogen (secondary N) is 1. The summed E-state index contributed by atoms with van der Waals surface area (Å²) >= 11 is 0. The number of hydrogen-bond acceptors (Lipinski definition) is 2. The number of nitrogens with zero attached hydrogens (tertiary/aromatic N) is 1. The average molecular weight is 185 g/mol. The van der Waals surface area contributed by atoms with Crippen LogP contribution in [0, 0.1) is 5.92 Å². The summed E-state index contributed by atoms with van der Waals surface area (Å²) in [4.78, 5) is 22.4. The summed E-state index contributed by atoms with van der Waals surface area (Å²) in [5, 5.41) is 2.65. The van der Waals surface area contributed by atoms with Crippen LogP contribution in [0.1, 0.15) is 12.8 Å². The van der Waals surface area contributed by atoms with E-state index in [0.29, 0.717) is 32.0 Å². The van der Waals surface area contributed by atoms with Gasteiger partial charge in [-0.3, -0.25) is 4.79 Å². The molecule has 0 aliphatic carbocycles. The summed E-state index contributed by atoms with van der Waals surface area (Å²) in [7, 11) is 0. The van der Waals surface area contributed by atoms with Gasteiger partial charge in [0, 0.05) is 19.6 Å². The van der Waals surface area contributed by atoms with Crippen LogP contribution in [-0.4, -0.2) is 37.0 Å². The molecule has 1 heterocycles. The molecule has 1 rings (SSSR count). The average Bonchev–Trinajstić information content (AvgIpc) is 2.15. The van der Waals surface area contributed by atoms with Gasteiger partial charge in [-0.25, -0.2) is 4.79 Å². The molecule has 0 spiro atoms. The number of nitrogens with two attached hydrogens (primary N) is 1. The van der Waals surface area contributed by atoms with Crippen LogP contribution in [0.15, 0.2) is 0 Å². The summed E-state index contributed by atoms with van der Waals surface area (Å²) in [6.45, 7) is 2.12. The molecular weight excluding hydrogens is 170 g/mol. The zero-order valence-electron chi connectivity index (χ0n) is 7.53. The van der Waals surface area contributed by atoms with Gasteiger partial charge >= 0.3 is 6.03 Å². The highest BCUT2D eigenvalue weighted by Crippen LogP contribution is 2.15. The highest BCUT2D eigenvalue weighted by atomic mass is 16.2. The number of hydrogen-bond donors (Lipinski definition) is 2. The Morgan fingerprint density at radius 1 is 1.54 bits per heavy atom. The molecule has 3 amide bonds. The Labute approximate surface area is 77.3 Å². The van der Waals surface area contributed by atoms with Gasteiger partial charge in [-0.15, -0.1) is 0 Å². The van der Waals surface area contributed by atoms with Crippen molar-refractivity contribution < 1.29 is 9.59 Å². The van der Waals surface area contributed by atoms with E-state index in [9.17, 15) is 9.59 Å². The molecule has 13 heavy (non-hydrogen) atoms. The fourth-order valence-electron chi connectivity index (χ4n) is 1.57. The number of primary amides is 1. The van der Waals surface area contributed by atoms with Crippen molar-refractivity contribution in [2.75, 3.05) is 19.6 Å². The minimum absolute atomic E-state index is 0.346. The number of rotatable bonds is 3. The molecule has 0 radical (unpaired) electrons. The summed E-state index contributed by atoms with van der Waals surface area (Å²) in [5.41, 5.74) is 5.13. The predicted molar refractivity (Wildman–Crippen MR) is 47.9 cm³/mol. The first-order valence-corrected chi connectivity index (χ1v) is 4.45. The number of likely N-dealkylation sites (tertiary alicyclic amines) is 1. The standard InChI is InChI=1S/C8H15N3O2/c9-8(13)11-3-1-7(2-4-11)5-10-6-12/h6-7H,1-5H2,(H2,9,13)(H,10,12). The molecular formula is C8H15N3O2. The third kappa shape index (κ3) is 2.93. The third-order valence-corrected chi connectivity index (χ3v) is 2.42. The predicted octanol–water partition coefficient (Wildman–Crippen LogP) is -0.477. The van der Waals surface area contributed by atoms with Gasteiger partial charge in [0.2, 0.25) is 6.41 Å². The van der Waals surface area contributed by atoms with E-state index in [1.807, 2.05) is 0 Å². The van der Waals surface area contributed by atoms with Crippen molar-refractivity contribution in [3.8, 4) is 0 Å². The molecule has 1 fully saturated rings. The Bertz CT molecular complexity index is 188. The van der Waals surface area contributed by atoms with E-state index in [1.54, 1.807) is 4.90 Å². The quantitative estimate of drug-likeness (QED) is 0.583. The second kappa shape index (κ2) is 4.69. The van der Waals surface area contributed by atoms with E-state index in [1.165, 1.54) is 0 Å². The Morgan fingerprint density at radius 3 is 2.62 bits per heavy atom. The minimum atomic E-state index is -0.346. The summed E-state index contributed by atoms with van der Waals surface area (Å²) in [5.74, 6) is 0.487. The summed E-state index contributed by atoms with van der Waals surface area (Å²) in [6, 6.07) is -0.346. The van der Waals surface area contributed by atoms with Gasteiger partial charge in [0.05, 0.1) is 0 Å². The van der Waals surface area contributed by atoms with E-state index in [4.69, 9.17) is 5.73 Å². The maximum atomic E-state index is 10.8. The van der Waals surface area contributed by atoms with Gasteiger partial charge in [0.1, 0.15) is 0 Å². The number of urea groups is 1. The molecule has 5 nitrogen and oxygen atoms in total. The van der Waals surface area contributed by atoms with Crippen molar-refractivity contribution in [2.24, 2.45) is 11.7 Å². The first-order chi connectivity index (χ1) is 6.24. The van der Waals surface area contributed by atoms with Crippen LogP contribution >= 0.6 is 0 Å². The molecule has 0 aromatic rings. The topological polar surface area (TPSA) is 75.4 Å². The maximum Gasteiger partial charge on any atom is 0.314 e. The van der Waals surface area contributed by atoms with Crippen molar-refractivity contribution >= 4 is 12.4 Å². The lowest BCUT2D eigenvalue weighted by atomic mass is 9.97. The lowest BCUT2D eigenvalue weighted by Crippen LogP contribution is -2.43. The minimum Gasteiger partial charge on any atom is -0.358 e. The van der Waals surface area contributed by atoms with Gasteiger partial charge in [-0.05, 0) is 18.8 Å². The van der Waals surface area contributed by atoms with Crippen LogP contribution in [0.3, 0.4) is 0 Å². The molecule has 0 aromatic carbocycles. The fourth-order valence-corrected chi connectivity index (χ4v) is 1.57.